The molecule has 5 heteroatoms. The summed E-state index contributed by atoms with van der Waals surface area (Å²) in [7, 11) is 0. The largest absolute Gasteiger partial charge is 0.352 e. The van der Waals surface area contributed by atoms with Crippen LogP contribution in [0.25, 0.3) is 0 Å². The molecule has 0 aromatic carbocycles. The highest BCUT2D eigenvalue weighted by molar-refractivity contribution is 5.80. The summed E-state index contributed by atoms with van der Waals surface area (Å²) >= 11 is 0. The summed E-state index contributed by atoms with van der Waals surface area (Å²) in [5, 5.41) is 2.76. The van der Waals surface area contributed by atoms with E-state index in [0.29, 0.717) is 13.2 Å². The fourth-order valence-electron chi connectivity index (χ4n) is 2.27. The van der Waals surface area contributed by atoms with E-state index in [1.54, 1.807) is 6.92 Å². The first-order valence-corrected chi connectivity index (χ1v) is 5.96. The van der Waals surface area contributed by atoms with Gasteiger partial charge in [-0.3, -0.25) is 4.79 Å². The van der Waals surface area contributed by atoms with Crippen molar-refractivity contribution < 1.29 is 14.3 Å². The van der Waals surface area contributed by atoms with Gasteiger partial charge in [0.15, 0.2) is 5.79 Å². The van der Waals surface area contributed by atoms with E-state index in [4.69, 9.17) is 15.2 Å². The second-order valence-electron chi connectivity index (χ2n) is 4.70. The topological polar surface area (TPSA) is 73.6 Å². The van der Waals surface area contributed by atoms with Gasteiger partial charge in [-0.1, -0.05) is 0 Å². The normalized spacial score (nSPS) is 29.5. The van der Waals surface area contributed by atoms with E-state index in [1.165, 1.54) is 12.8 Å². The number of carbonyl (C=O) groups is 1. The summed E-state index contributed by atoms with van der Waals surface area (Å²) in [6.45, 7) is 2.72. The van der Waals surface area contributed by atoms with Crippen LogP contribution < -0.4 is 11.1 Å². The maximum absolute atomic E-state index is 11.3. The van der Waals surface area contributed by atoms with Crippen LogP contribution in [0, 0.1) is 0 Å². The quantitative estimate of drug-likeness (QED) is 0.720. The van der Waals surface area contributed by atoms with Crippen molar-refractivity contribution in [2.45, 2.75) is 50.5 Å². The van der Waals surface area contributed by atoms with Crippen molar-refractivity contribution in [2.24, 2.45) is 5.73 Å². The Kier molecular flexibility index (Phi) is 3.47. The van der Waals surface area contributed by atoms with Gasteiger partial charge in [0.05, 0.1) is 12.6 Å². The Labute approximate surface area is 95.7 Å². The second kappa shape index (κ2) is 4.69. The van der Waals surface area contributed by atoms with Crippen LogP contribution >= 0.6 is 0 Å². The highest BCUT2D eigenvalue weighted by Crippen LogP contribution is 2.38. The van der Waals surface area contributed by atoms with Crippen LogP contribution in [0.3, 0.4) is 0 Å². The summed E-state index contributed by atoms with van der Waals surface area (Å²) in [4.78, 5) is 11.3. The number of hydrogen-bond donors (Lipinski definition) is 2. The first-order valence-electron chi connectivity index (χ1n) is 5.96. The SMILES string of the molecule is CC(N)C(=O)NCC1COC2(CCCC2)O1. The van der Waals surface area contributed by atoms with Crippen LogP contribution in [-0.4, -0.2) is 37.0 Å². The van der Waals surface area contributed by atoms with Gasteiger partial charge in [0.2, 0.25) is 5.91 Å². The van der Waals surface area contributed by atoms with E-state index in [9.17, 15) is 4.79 Å². The summed E-state index contributed by atoms with van der Waals surface area (Å²) < 4.78 is 11.6. The zero-order valence-corrected chi connectivity index (χ0v) is 9.70. The molecule has 2 unspecified atom stereocenters. The van der Waals surface area contributed by atoms with Crippen molar-refractivity contribution in [3.63, 3.8) is 0 Å². The molecule has 2 atom stereocenters. The van der Waals surface area contributed by atoms with Crippen LogP contribution in [0.5, 0.6) is 0 Å². The van der Waals surface area contributed by atoms with Gasteiger partial charge in [-0.25, -0.2) is 0 Å². The number of rotatable bonds is 3. The molecule has 1 heterocycles. The predicted octanol–water partition coefficient (Wildman–Crippen LogP) is 0.136. The van der Waals surface area contributed by atoms with Gasteiger partial charge in [0.1, 0.15) is 6.10 Å². The molecule has 16 heavy (non-hydrogen) atoms. The molecule has 2 aliphatic rings. The number of nitrogens with two attached hydrogens (primary N) is 1. The highest BCUT2D eigenvalue weighted by atomic mass is 16.7. The van der Waals surface area contributed by atoms with Gasteiger partial charge < -0.3 is 20.5 Å². The van der Waals surface area contributed by atoms with E-state index in [0.717, 1.165) is 12.8 Å². The van der Waals surface area contributed by atoms with Crippen molar-refractivity contribution >= 4 is 5.91 Å². The molecule has 1 saturated heterocycles. The smallest absolute Gasteiger partial charge is 0.236 e. The van der Waals surface area contributed by atoms with Crippen molar-refractivity contribution in [1.29, 1.82) is 0 Å². The van der Waals surface area contributed by atoms with Gasteiger partial charge in [0.25, 0.3) is 0 Å². The Morgan fingerprint density at radius 2 is 2.25 bits per heavy atom. The van der Waals surface area contributed by atoms with Crippen LogP contribution in [0.4, 0.5) is 0 Å². The maximum atomic E-state index is 11.3. The zero-order chi connectivity index (χ0) is 11.6. The van der Waals surface area contributed by atoms with Crippen molar-refractivity contribution in [2.75, 3.05) is 13.2 Å². The average molecular weight is 228 g/mol. The van der Waals surface area contributed by atoms with Crippen LogP contribution in [0.15, 0.2) is 0 Å². The monoisotopic (exact) mass is 228 g/mol. The second-order valence-corrected chi connectivity index (χ2v) is 4.70. The predicted molar refractivity (Wildman–Crippen MR) is 58.7 cm³/mol. The lowest BCUT2D eigenvalue weighted by Crippen LogP contribution is -2.42. The third kappa shape index (κ3) is 2.53. The molecule has 1 spiro atoms. The van der Waals surface area contributed by atoms with Crippen LogP contribution in [0.2, 0.25) is 0 Å². The van der Waals surface area contributed by atoms with Gasteiger partial charge in [-0.2, -0.15) is 0 Å². The molecule has 0 aromatic rings. The minimum Gasteiger partial charge on any atom is -0.352 e. The summed E-state index contributed by atoms with van der Waals surface area (Å²) in [6, 6.07) is -0.470. The molecule has 0 bridgehead atoms. The van der Waals surface area contributed by atoms with E-state index >= 15 is 0 Å². The number of amides is 1. The number of carbonyl (C=O) groups excluding carboxylic acids is 1. The van der Waals surface area contributed by atoms with Crippen LogP contribution in [0.1, 0.15) is 32.6 Å². The summed E-state index contributed by atoms with van der Waals surface area (Å²) in [5.74, 6) is -0.486. The van der Waals surface area contributed by atoms with E-state index in [2.05, 4.69) is 5.32 Å². The van der Waals surface area contributed by atoms with Gasteiger partial charge in [-0.15, -0.1) is 0 Å². The minimum absolute atomic E-state index is 0.0270. The van der Waals surface area contributed by atoms with E-state index in [1.807, 2.05) is 0 Å². The molecule has 1 saturated carbocycles. The average Bonchev–Trinajstić information content (AvgIpc) is 2.86. The van der Waals surface area contributed by atoms with Gasteiger partial charge in [-0.05, 0) is 19.8 Å². The zero-order valence-electron chi connectivity index (χ0n) is 9.70. The number of ether oxygens (including phenoxy) is 2. The fourth-order valence-corrected chi connectivity index (χ4v) is 2.27. The molecule has 0 aromatic heterocycles. The van der Waals surface area contributed by atoms with E-state index in [-0.39, 0.29) is 17.8 Å². The molecule has 2 fully saturated rings. The summed E-state index contributed by atoms with van der Waals surface area (Å²) in [5.41, 5.74) is 5.45. The molecule has 1 amide bonds. The molecule has 92 valence electrons. The van der Waals surface area contributed by atoms with Gasteiger partial charge >= 0.3 is 0 Å². The minimum atomic E-state index is -0.470. The van der Waals surface area contributed by atoms with Gasteiger partial charge in [0, 0.05) is 19.4 Å². The van der Waals surface area contributed by atoms with E-state index < -0.39 is 6.04 Å². The first kappa shape index (κ1) is 11.8. The molecule has 5 nitrogen and oxygen atoms in total. The lowest BCUT2D eigenvalue weighted by Gasteiger charge is -2.22. The lowest BCUT2D eigenvalue weighted by molar-refractivity contribution is -0.161. The molecule has 1 aliphatic carbocycles. The maximum Gasteiger partial charge on any atom is 0.236 e. The van der Waals surface area contributed by atoms with Crippen LogP contribution in [-0.2, 0) is 14.3 Å². The van der Waals surface area contributed by atoms with Crippen molar-refractivity contribution in [3.05, 3.63) is 0 Å². The van der Waals surface area contributed by atoms with Crippen molar-refractivity contribution in [1.82, 2.24) is 5.32 Å². The molecule has 2 rings (SSSR count). The molecular weight excluding hydrogens is 208 g/mol. The number of hydrogen-bond acceptors (Lipinski definition) is 4. The third-order valence-electron chi connectivity index (χ3n) is 3.20. The Balaban J connectivity index is 1.74. The molecule has 3 N–H and O–H groups in total. The Morgan fingerprint density at radius 3 is 2.88 bits per heavy atom. The Morgan fingerprint density at radius 1 is 1.56 bits per heavy atom. The summed E-state index contributed by atoms with van der Waals surface area (Å²) in [6.07, 6.45) is 4.26. The first-order chi connectivity index (χ1) is 7.61. The lowest BCUT2D eigenvalue weighted by atomic mass is 10.2. The number of nitrogens with one attached hydrogen (secondary N) is 1. The molecular formula is C11H20N2O3. The van der Waals surface area contributed by atoms with Crippen molar-refractivity contribution in [3.8, 4) is 0 Å². The highest BCUT2D eigenvalue weighted by Gasteiger charge is 2.43. The Bertz CT molecular complexity index is 262. The Hall–Kier alpha value is -0.650. The standard InChI is InChI=1S/C11H20N2O3/c1-8(12)10(14)13-6-9-7-15-11(16-9)4-2-3-5-11/h8-9H,2-7,12H2,1H3,(H,13,14). The third-order valence-corrected chi connectivity index (χ3v) is 3.20. The molecule has 1 aliphatic heterocycles. The fraction of sp³-hybridized carbons (Fsp3) is 0.909. The molecule has 0 radical (unpaired) electrons.